The highest BCUT2D eigenvalue weighted by molar-refractivity contribution is 14.1. The van der Waals surface area contributed by atoms with Gasteiger partial charge in [0.25, 0.3) is 0 Å². The van der Waals surface area contributed by atoms with Crippen LogP contribution in [0.1, 0.15) is 24.9 Å². The highest BCUT2D eigenvalue weighted by Crippen LogP contribution is 2.18. The van der Waals surface area contributed by atoms with Crippen LogP contribution < -0.4 is 5.32 Å². The van der Waals surface area contributed by atoms with Gasteiger partial charge >= 0.3 is 0 Å². The molecular formula is C11H19IN4. The van der Waals surface area contributed by atoms with Crippen LogP contribution >= 0.6 is 22.6 Å². The molecule has 0 aromatic carbocycles. The minimum absolute atomic E-state index is 0.776. The van der Waals surface area contributed by atoms with Gasteiger partial charge in [0.05, 0.1) is 15.8 Å². The second-order valence-electron chi connectivity index (χ2n) is 4.05. The van der Waals surface area contributed by atoms with Crippen molar-refractivity contribution in [2.24, 2.45) is 0 Å². The smallest absolute Gasteiger partial charge is 0.145 e. The van der Waals surface area contributed by atoms with Crippen molar-refractivity contribution < 1.29 is 0 Å². The molecule has 0 saturated carbocycles. The van der Waals surface area contributed by atoms with Crippen molar-refractivity contribution in [3.63, 3.8) is 0 Å². The molecule has 1 heterocycles. The van der Waals surface area contributed by atoms with Crippen molar-refractivity contribution in [1.29, 1.82) is 0 Å². The van der Waals surface area contributed by atoms with Gasteiger partial charge < -0.3 is 10.2 Å². The molecule has 0 aliphatic heterocycles. The zero-order chi connectivity index (χ0) is 12.1. The molecule has 0 aliphatic carbocycles. The Kier molecular flexibility index (Phi) is 5.40. The Balaban J connectivity index is 2.92. The number of aryl methyl sites for hydroxylation is 1. The lowest BCUT2D eigenvalue weighted by Crippen LogP contribution is -2.16. The van der Waals surface area contributed by atoms with E-state index >= 15 is 0 Å². The van der Waals surface area contributed by atoms with E-state index in [9.17, 15) is 0 Å². The summed E-state index contributed by atoms with van der Waals surface area (Å²) in [6.45, 7) is 5.90. The number of hydrogen-bond donors (Lipinski definition) is 1. The molecule has 0 radical (unpaired) electrons. The zero-order valence-electron chi connectivity index (χ0n) is 10.3. The highest BCUT2D eigenvalue weighted by Gasteiger charge is 2.09. The van der Waals surface area contributed by atoms with Crippen LogP contribution in [0.4, 0.5) is 5.82 Å². The largest absolute Gasteiger partial charge is 0.369 e. The molecule has 0 bridgehead atoms. The number of anilines is 1. The Morgan fingerprint density at radius 3 is 2.56 bits per heavy atom. The Bertz CT molecular complexity index is 352. The normalized spacial score (nSPS) is 10.9. The summed E-state index contributed by atoms with van der Waals surface area (Å²) >= 11 is 2.29. The highest BCUT2D eigenvalue weighted by atomic mass is 127. The average molecular weight is 334 g/mol. The lowest BCUT2D eigenvalue weighted by molar-refractivity contribution is 0.390. The number of rotatable bonds is 5. The van der Waals surface area contributed by atoms with Gasteiger partial charge in [0.15, 0.2) is 0 Å². The first-order chi connectivity index (χ1) is 7.54. The van der Waals surface area contributed by atoms with Crippen molar-refractivity contribution in [2.75, 3.05) is 26.0 Å². The number of aromatic nitrogens is 2. The Labute approximate surface area is 111 Å². The van der Waals surface area contributed by atoms with E-state index in [1.165, 1.54) is 0 Å². The third kappa shape index (κ3) is 3.86. The molecule has 1 aromatic heterocycles. The van der Waals surface area contributed by atoms with E-state index in [4.69, 9.17) is 0 Å². The first-order valence-electron chi connectivity index (χ1n) is 5.46. The molecule has 1 aromatic rings. The van der Waals surface area contributed by atoms with Gasteiger partial charge in [-0.2, -0.15) is 0 Å². The lowest BCUT2D eigenvalue weighted by atomic mass is 10.4. The van der Waals surface area contributed by atoms with E-state index in [0.717, 1.165) is 40.4 Å². The van der Waals surface area contributed by atoms with Crippen molar-refractivity contribution in [2.45, 2.75) is 26.8 Å². The summed E-state index contributed by atoms with van der Waals surface area (Å²) in [5, 5.41) is 3.34. The predicted molar refractivity (Wildman–Crippen MR) is 75.7 cm³/mol. The molecule has 1 rings (SSSR count). The van der Waals surface area contributed by atoms with Gasteiger partial charge in [-0.25, -0.2) is 9.97 Å². The van der Waals surface area contributed by atoms with Crippen molar-refractivity contribution in [3.8, 4) is 0 Å². The fourth-order valence-electron chi connectivity index (χ4n) is 1.33. The van der Waals surface area contributed by atoms with Gasteiger partial charge in [-0.3, -0.25) is 0 Å². The van der Waals surface area contributed by atoms with Crippen LogP contribution in [0.25, 0.3) is 0 Å². The van der Waals surface area contributed by atoms with Crippen LogP contribution in [0.2, 0.25) is 0 Å². The molecule has 0 saturated heterocycles. The molecule has 0 fully saturated rings. The van der Waals surface area contributed by atoms with Gasteiger partial charge in [0.1, 0.15) is 11.6 Å². The summed E-state index contributed by atoms with van der Waals surface area (Å²) in [7, 11) is 4.05. The molecule has 0 aliphatic rings. The van der Waals surface area contributed by atoms with Crippen LogP contribution in [0.15, 0.2) is 0 Å². The Hall–Kier alpha value is -0.430. The first kappa shape index (κ1) is 13.6. The second kappa shape index (κ2) is 6.34. The predicted octanol–water partition coefficient (Wildman–Crippen LogP) is 2.27. The van der Waals surface area contributed by atoms with Crippen LogP contribution in [-0.2, 0) is 6.54 Å². The summed E-state index contributed by atoms with van der Waals surface area (Å²) < 4.78 is 1.12. The molecule has 0 amide bonds. The minimum Gasteiger partial charge on any atom is -0.369 e. The summed E-state index contributed by atoms with van der Waals surface area (Å²) in [4.78, 5) is 11.1. The second-order valence-corrected chi connectivity index (χ2v) is 5.13. The third-order valence-corrected chi connectivity index (χ3v) is 3.35. The van der Waals surface area contributed by atoms with Gasteiger partial charge in [-0.1, -0.05) is 6.92 Å². The van der Waals surface area contributed by atoms with Crippen LogP contribution in [0, 0.1) is 10.5 Å². The summed E-state index contributed by atoms with van der Waals surface area (Å²) in [6.07, 6.45) is 1.10. The topological polar surface area (TPSA) is 41.1 Å². The zero-order valence-corrected chi connectivity index (χ0v) is 12.5. The van der Waals surface area contributed by atoms with Gasteiger partial charge in [0.2, 0.25) is 0 Å². The SMILES string of the molecule is CCCNc1nc(CN(C)C)nc(C)c1I. The number of halogens is 1. The van der Waals surface area contributed by atoms with E-state index < -0.39 is 0 Å². The van der Waals surface area contributed by atoms with Crippen LogP contribution in [0.5, 0.6) is 0 Å². The monoisotopic (exact) mass is 334 g/mol. The Morgan fingerprint density at radius 2 is 2.00 bits per heavy atom. The molecule has 0 spiro atoms. The fraction of sp³-hybridized carbons (Fsp3) is 0.636. The molecule has 0 unspecified atom stereocenters. The number of nitrogens with zero attached hydrogens (tertiary/aromatic N) is 3. The van der Waals surface area contributed by atoms with E-state index in [2.05, 4.69) is 49.7 Å². The average Bonchev–Trinajstić information content (AvgIpc) is 2.20. The van der Waals surface area contributed by atoms with Crippen molar-refractivity contribution >= 4 is 28.4 Å². The summed E-state index contributed by atoms with van der Waals surface area (Å²) in [5.41, 5.74) is 1.05. The van der Waals surface area contributed by atoms with Crippen LogP contribution in [-0.4, -0.2) is 35.5 Å². The molecule has 1 N–H and O–H groups in total. The van der Waals surface area contributed by atoms with Gasteiger partial charge in [-0.15, -0.1) is 0 Å². The van der Waals surface area contributed by atoms with Crippen molar-refractivity contribution in [3.05, 3.63) is 15.1 Å². The molecule has 90 valence electrons. The quantitative estimate of drug-likeness (QED) is 0.839. The lowest BCUT2D eigenvalue weighted by Gasteiger charge is -2.13. The van der Waals surface area contributed by atoms with Gasteiger partial charge in [-0.05, 0) is 50.0 Å². The summed E-state index contributed by atoms with van der Waals surface area (Å²) in [6, 6.07) is 0. The molecular weight excluding hydrogens is 315 g/mol. The standard InChI is InChI=1S/C11H19IN4/c1-5-6-13-11-10(12)8(2)14-9(15-11)7-16(3)4/h5-7H2,1-4H3,(H,13,14,15). The van der Waals surface area contributed by atoms with Crippen LogP contribution in [0.3, 0.4) is 0 Å². The van der Waals surface area contributed by atoms with E-state index in [1.807, 2.05) is 21.0 Å². The molecule has 16 heavy (non-hydrogen) atoms. The first-order valence-corrected chi connectivity index (χ1v) is 6.54. The Morgan fingerprint density at radius 1 is 1.31 bits per heavy atom. The maximum absolute atomic E-state index is 4.54. The van der Waals surface area contributed by atoms with E-state index in [-0.39, 0.29) is 0 Å². The number of nitrogens with one attached hydrogen (secondary N) is 1. The minimum atomic E-state index is 0.776. The third-order valence-electron chi connectivity index (χ3n) is 2.06. The summed E-state index contributed by atoms with van der Waals surface area (Å²) in [5.74, 6) is 1.84. The van der Waals surface area contributed by atoms with Gasteiger partial charge in [0, 0.05) is 6.54 Å². The van der Waals surface area contributed by atoms with E-state index in [0.29, 0.717) is 0 Å². The molecule has 5 heteroatoms. The van der Waals surface area contributed by atoms with E-state index in [1.54, 1.807) is 0 Å². The molecule has 4 nitrogen and oxygen atoms in total. The van der Waals surface area contributed by atoms with Crippen molar-refractivity contribution in [1.82, 2.24) is 14.9 Å². The maximum atomic E-state index is 4.54. The fourth-order valence-corrected chi connectivity index (χ4v) is 1.76. The number of hydrogen-bond acceptors (Lipinski definition) is 4. The maximum Gasteiger partial charge on any atom is 0.145 e. The molecule has 0 atom stereocenters.